The van der Waals surface area contributed by atoms with Gasteiger partial charge in [-0.3, -0.25) is 9.59 Å². The average molecular weight is 239 g/mol. The Balaban J connectivity index is 1.63. The van der Waals surface area contributed by atoms with Gasteiger partial charge in [0.05, 0.1) is 5.51 Å². The van der Waals surface area contributed by atoms with Crippen LogP contribution in [0.5, 0.6) is 0 Å². The van der Waals surface area contributed by atoms with E-state index in [1.54, 1.807) is 10.9 Å². The maximum absolute atomic E-state index is 11.4. The highest BCUT2D eigenvalue weighted by molar-refractivity contribution is 7.07. The molecule has 0 saturated heterocycles. The predicted molar refractivity (Wildman–Crippen MR) is 60.2 cm³/mol. The summed E-state index contributed by atoms with van der Waals surface area (Å²) >= 11 is 1.37. The summed E-state index contributed by atoms with van der Waals surface area (Å²) in [6.45, 7) is 0.356. The second-order valence-corrected chi connectivity index (χ2v) is 4.44. The topological polar surface area (TPSA) is 71.1 Å². The van der Waals surface area contributed by atoms with Crippen LogP contribution in [0.1, 0.15) is 29.8 Å². The van der Waals surface area contributed by atoms with Crippen molar-refractivity contribution in [2.75, 3.05) is 6.54 Å². The van der Waals surface area contributed by atoms with E-state index in [1.165, 1.54) is 11.3 Å². The Morgan fingerprint density at radius 2 is 2.31 bits per heavy atom. The molecule has 1 aromatic rings. The van der Waals surface area contributed by atoms with Crippen LogP contribution in [0.4, 0.5) is 0 Å². The van der Waals surface area contributed by atoms with E-state index in [2.05, 4.69) is 15.6 Å². The Kier molecular flexibility index (Phi) is 3.51. The lowest BCUT2D eigenvalue weighted by Crippen LogP contribution is -2.31. The van der Waals surface area contributed by atoms with Crippen molar-refractivity contribution in [2.45, 2.75) is 25.3 Å². The van der Waals surface area contributed by atoms with Crippen LogP contribution in [0.2, 0.25) is 0 Å². The van der Waals surface area contributed by atoms with Gasteiger partial charge in [-0.25, -0.2) is 4.98 Å². The third kappa shape index (κ3) is 3.30. The van der Waals surface area contributed by atoms with E-state index in [-0.39, 0.29) is 11.8 Å². The normalized spacial score (nSPS) is 14.5. The van der Waals surface area contributed by atoms with Gasteiger partial charge in [-0.1, -0.05) is 0 Å². The molecular weight excluding hydrogens is 226 g/mol. The van der Waals surface area contributed by atoms with Gasteiger partial charge in [-0.05, 0) is 12.8 Å². The molecule has 0 aliphatic heterocycles. The molecule has 2 rings (SSSR count). The molecule has 0 radical (unpaired) electrons. The minimum Gasteiger partial charge on any atom is -0.353 e. The third-order valence-corrected chi connectivity index (χ3v) is 2.83. The van der Waals surface area contributed by atoms with Crippen molar-refractivity contribution in [3.05, 3.63) is 16.6 Å². The zero-order valence-corrected chi connectivity index (χ0v) is 9.55. The summed E-state index contributed by atoms with van der Waals surface area (Å²) < 4.78 is 0. The van der Waals surface area contributed by atoms with Crippen LogP contribution >= 0.6 is 11.3 Å². The van der Waals surface area contributed by atoms with E-state index < -0.39 is 0 Å². The number of rotatable bonds is 5. The number of thiazole rings is 1. The van der Waals surface area contributed by atoms with Crippen LogP contribution in [-0.2, 0) is 4.79 Å². The summed E-state index contributed by atoms with van der Waals surface area (Å²) in [4.78, 5) is 26.6. The van der Waals surface area contributed by atoms with Crippen molar-refractivity contribution in [1.82, 2.24) is 15.6 Å². The Morgan fingerprint density at radius 3 is 2.94 bits per heavy atom. The van der Waals surface area contributed by atoms with Gasteiger partial charge in [-0.15, -0.1) is 11.3 Å². The standard InChI is InChI=1S/C10H13N3O2S/c14-9(13-7-1-2-7)3-4-11-10(15)8-5-16-6-12-8/h5-7H,1-4H2,(H,11,15)(H,13,14). The Hall–Kier alpha value is -1.43. The Bertz CT molecular complexity index is 373. The highest BCUT2D eigenvalue weighted by atomic mass is 32.1. The molecule has 0 bridgehead atoms. The third-order valence-electron chi connectivity index (χ3n) is 2.25. The minimum atomic E-state index is -0.222. The largest absolute Gasteiger partial charge is 0.353 e. The minimum absolute atomic E-state index is 0.000998. The smallest absolute Gasteiger partial charge is 0.270 e. The zero-order valence-electron chi connectivity index (χ0n) is 8.73. The Morgan fingerprint density at radius 1 is 1.50 bits per heavy atom. The summed E-state index contributed by atoms with van der Waals surface area (Å²) in [6, 6.07) is 0.377. The quantitative estimate of drug-likeness (QED) is 0.788. The van der Waals surface area contributed by atoms with Gasteiger partial charge in [0.25, 0.3) is 5.91 Å². The van der Waals surface area contributed by atoms with E-state index >= 15 is 0 Å². The van der Waals surface area contributed by atoms with Crippen LogP contribution in [-0.4, -0.2) is 29.4 Å². The average Bonchev–Trinajstić information content (AvgIpc) is 2.90. The van der Waals surface area contributed by atoms with Gasteiger partial charge in [0.1, 0.15) is 5.69 Å². The van der Waals surface area contributed by atoms with Crippen LogP contribution in [0.15, 0.2) is 10.9 Å². The molecule has 6 heteroatoms. The number of carbonyl (C=O) groups is 2. The first-order chi connectivity index (χ1) is 7.75. The molecule has 1 aromatic heterocycles. The number of hydrogen-bond acceptors (Lipinski definition) is 4. The van der Waals surface area contributed by atoms with Crippen molar-refractivity contribution in [2.24, 2.45) is 0 Å². The lowest BCUT2D eigenvalue weighted by molar-refractivity contribution is -0.121. The summed E-state index contributed by atoms with van der Waals surface area (Å²) in [5.74, 6) is -0.221. The maximum Gasteiger partial charge on any atom is 0.270 e. The van der Waals surface area contributed by atoms with Crippen molar-refractivity contribution < 1.29 is 9.59 Å². The number of carbonyl (C=O) groups excluding carboxylic acids is 2. The predicted octanol–water partition coefficient (Wildman–Crippen LogP) is 0.542. The Labute approximate surface area is 97.3 Å². The molecule has 1 saturated carbocycles. The first-order valence-corrected chi connectivity index (χ1v) is 6.16. The summed E-state index contributed by atoms with van der Waals surface area (Å²) in [6.07, 6.45) is 2.49. The molecule has 0 unspecified atom stereocenters. The van der Waals surface area contributed by atoms with Crippen molar-refractivity contribution in [3.8, 4) is 0 Å². The summed E-state index contributed by atoms with van der Waals surface area (Å²) in [7, 11) is 0. The molecule has 1 aliphatic rings. The lowest BCUT2D eigenvalue weighted by atomic mass is 10.3. The second-order valence-electron chi connectivity index (χ2n) is 3.72. The van der Waals surface area contributed by atoms with E-state index in [9.17, 15) is 9.59 Å². The van der Waals surface area contributed by atoms with Gasteiger partial charge in [0, 0.05) is 24.4 Å². The number of hydrogen-bond donors (Lipinski definition) is 2. The summed E-state index contributed by atoms with van der Waals surface area (Å²) in [5, 5.41) is 7.19. The highest BCUT2D eigenvalue weighted by Crippen LogP contribution is 2.18. The maximum atomic E-state index is 11.4. The molecular formula is C10H13N3O2S. The van der Waals surface area contributed by atoms with Crippen LogP contribution < -0.4 is 10.6 Å². The van der Waals surface area contributed by atoms with Gasteiger partial charge in [0.2, 0.25) is 5.91 Å². The molecule has 86 valence electrons. The first kappa shape index (κ1) is 11.1. The van der Waals surface area contributed by atoms with Crippen LogP contribution in [0, 0.1) is 0 Å². The SMILES string of the molecule is O=C(CCNC(=O)c1cscn1)NC1CC1. The van der Waals surface area contributed by atoms with Crippen molar-refractivity contribution >= 4 is 23.2 Å². The highest BCUT2D eigenvalue weighted by Gasteiger charge is 2.22. The van der Waals surface area contributed by atoms with Gasteiger partial charge < -0.3 is 10.6 Å². The zero-order chi connectivity index (χ0) is 11.4. The molecule has 0 aromatic carbocycles. The fourth-order valence-electron chi connectivity index (χ4n) is 1.23. The number of amides is 2. The van der Waals surface area contributed by atoms with E-state index in [0.29, 0.717) is 24.7 Å². The van der Waals surface area contributed by atoms with Crippen LogP contribution in [0.3, 0.4) is 0 Å². The molecule has 5 nitrogen and oxygen atoms in total. The molecule has 0 spiro atoms. The van der Waals surface area contributed by atoms with Gasteiger partial charge >= 0.3 is 0 Å². The molecule has 2 amide bonds. The molecule has 1 fully saturated rings. The summed E-state index contributed by atoms with van der Waals surface area (Å²) in [5.41, 5.74) is 2.02. The van der Waals surface area contributed by atoms with Gasteiger partial charge in [-0.2, -0.15) is 0 Å². The molecule has 1 aliphatic carbocycles. The van der Waals surface area contributed by atoms with E-state index in [1.807, 2.05) is 0 Å². The lowest BCUT2D eigenvalue weighted by Gasteiger charge is -2.04. The molecule has 2 N–H and O–H groups in total. The number of nitrogens with one attached hydrogen (secondary N) is 2. The molecule has 0 atom stereocenters. The van der Waals surface area contributed by atoms with Gasteiger partial charge in [0.15, 0.2) is 0 Å². The molecule has 16 heavy (non-hydrogen) atoms. The fraction of sp³-hybridized carbons (Fsp3) is 0.500. The van der Waals surface area contributed by atoms with E-state index in [0.717, 1.165) is 12.8 Å². The monoisotopic (exact) mass is 239 g/mol. The van der Waals surface area contributed by atoms with E-state index in [4.69, 9.17) is 0 Å². The van der Waals surface area contributed by atoms with Crippen molar-refractivity contribution in [1.29, 1.82) is 0 Å². The molecule has 1 heterocycles. The van der Waals surface area contributed by atoms with Crippen molar-refractivity contribution in [3.63, 3.8) is 0 Å². The first-order valence-electron chi connectivity index (χ1n) is 5.21. The second kappa shape index (κ2) is 5.07. The fourth-order valence-corrected chi connectivity index (χ4v) is 1.76. The van der Waals surface area contributed by atoms with Crippen LogP contribution in [0.25, 0.3) is 0 Å². The number of aromatic nitrogens is 1. The number of nitrogens with zero attached hydrogens (tertiary/aromatic N) is 1.